The average molecular weight is 198 g/mol. The van der Waals surface area contributed by atoms with Crippen LogP contribution in [0.1, 0.15) is 12.8 Å². The van der Waals surface area contributed by atoms with Crippen molar-refractivity contribution in [1.82, 2.24) is 5.32 Å². The van der Waals surface area contributed by atoms with Gasteiger partial charge in [0.25, 0.3) is 0 Å². The molecule has 1 aromatic rings. The second-order valence-electron chi connectivity index (χ2n) is 2.77. The molecular formula is C9H14N2OS. The first-order chi connectivity index (χ1) is 6.33. The van der Waals surface area contributed by atoms with Gasteiger partial charge in [-0.05, 0) is 31.5 Å². The molecule has 3 nitrogen and oxygen atoms in total. The number of thiophene rings is 1. The van der Waals surface area contributed by atoms with Gasteiger partial charge in [-0.25, -0.2) is 0 Å². The van der Waals surface area contributed by atoms with Crippen molar-refractivity contribution in [3.05, 3.63) is 16.8 Å². The van der Waals surface area contributed by atoms with Gasteiger partial charge in [-0.15, -0.1) is 0 Å². The summed E-state index contributed by atoms with van der Waals surface area (Å²) in [4.78, 5) is 11.3. The number of rotatable bonds is 5. The van der Waals surface area contributed by atoms with Crippen LogP contribution >= 0.6 is 11.3 Å². The standard InChI is InChI=1S/C9H14N2OS/c1-10-5-2-3-9(12)11-8-4-6-13-7-8/h4,6-7,10H,2-3,5H2,1H3,(H,11,12). The Morgan fingerprint density at radius 3 is 3.08 bits per heavy atom. The highest BCUT2D eigenvalue weighted by Gasteiger charge is 2.00. The minimum atomic E-state index is 0.0913. The van der Waals surface area contributed by atoms with Crippen molar-refractivity contribution in [2.45, 2.75) is 12.8 Å². The molecule has 0 atom stereocenters. The molecule has 72 valence electrons. The van der Waals surface area contributed by atoms with Crippen LogP contribution in [0.5, 0.6) is 0 Å². The van der Waals surface area contributed by atoms with E-state index in [0.29, 0.717) is 6.42 Å². The highest BCUT2D eigenvalue weighted by Crippen LogP contribution is 2.11. The average Bonchev–Trinajstić information content (AvgIpc) is 2.57. The highest BCUT2D eigenvalue weighted by atomic mass is 32.1. The second-order valence-corrected chi connectivity index (χ2v) is 3.55. The molecule has 0 unspecified atom stereocenters. The van der Waals surface area contributed by atoms with Gasteiger partial charge < -0.3 is 10.6 Å². The molecule has 1 amide bonds. The fourth-order valence-electron chi connectivity index (χ4n) is 0.985. The summed E-state index contributed by atoms with van der Waals surface area (Å²) in [6.07, 6.45) is 1.46. The molecule has 4 heteroatoms. The molecule has 1 heterocycles. The van der Waals surface area contributed by atoms with Crippen molar-refractivity contribution in [3.63, 3.8) is 0 Å². The summed E-state index contributed by atoms with van der Waals surface area (Å²) in [5, 5.41) is 9.70. The van der Waals surface area contributed by atoms with E-state index in [9.17, 15) is 4.79 Å². The lowest BCUT2D eigenvalue weighted by Crippen LogP contribution is -2.14. The lowest BCUT2D eigenvalue weighted by molar-refractivity contribution is -0.116. The summed E-state index contributed by atoms with van der Waals surface area (Å²) >= 11 is 1.58. The fraction of sp³-hybridized carbons (Fsp3) is 0.444. The molecule has 0 bridgehead atoms. The Kier molecular flexibility index (Phi) is 4.49. The first kappa shape index (κ1) is 10.2. The zero-order valence-corrected chi connectivity index (χ0v) is 8.49. The molecule has 0 saturated heterocycles. The summed E-state index contributed by atoms with van der Waals surface area (Å²) in [6, 6.07) is 1.90. The monoisotopic (exact) mass is 198 g/mol. The van der Waals surface area contributed by atoms with Crippen LogP contribution in [0.25, 0.3) is 0 Å². The summed E-state index contributed by atoms with van der Waals surface area (Å²) in [5.74, 6) is 0.0913. The summed E-state index contributed by atoms with van der Waals surface area (Å²) in [5.41, 5.74) is 0.902. The molecule has 0 radical (unpaired) electrons. The zero-order valence-electron chi connectivity index (χ0n) is 7.67. The van der Waals surface area contributed by atoms with Crippen molar-refractivity contribution in [2.24, 2.45) is 0 Å². The molecule has 0 aliphatic heterocycles. The molecule has 0 fully saturated rings. The van der Waals surface area contributed by atoms with Gasteiger partial charge in [-0.3, -0.25) is 4.79 Å². The minimum absolute atomic E-state index is 0.0913. The van der Waals surface area contributed by atoms with E-state index in [1.54, 1.807) is 11.3 Å². The van der Waals surface area contributed by atoms with E-state index >= 15 is 0 Å². The Hall–Kier alpha value is -0.870. The van der Waals surface area contributed by atoms with Gasteiger partial charge in [0.2, 0.25) is 5.91 Å². The predicted molar refractivity (Wildman–Crippen MR) is 56.1 cm³/mol. The predicted octanol–water partition coefficient (Wildman–Crippen LogP) is 1.69. The Morgan fingerprint density at radius 2 is 2.46 bits per heavy atom. The Balaban J connectivity index is 2.18. The fourth-order valence-corrected chi connectivity index (χ4v) is 1.57. The smallest absolute Gasteiger partial charge is 0.224 e. The van der Waals surface area contributed by atoms with Gasteiger partial charge in [0.05, 0.1) is 5.69 Å². The lowest BCUT2D eigenvalue weighted by Gasteiger charge is -2.01. The van der Waals surface area contributed by atoms with Crippen molar-refractivity contribution in [2.75, 3.05) is 18.9 Å². The number of hydrogen-bond acceptors (Lipinski definition) is 3. The van der Waals surface area contributed by atoms with Crippen molar-refractivity contribution < 1.29 is 4.79 Å². The lowest BCUT2D eigenvalue weighted by atomic mass is 10.3. The van der Waals surface area contributed by atoms with E-state index in [1.807, 2.05) is 23.9 Å². The molecule has 1 rings (SSSR count). The molecule has 1 aromatic heterocycles. The maximum Gasteiger partial charge on any atom is 0.224 e. The van der Waals surface area contributed by atoms with Gasteiger partial charge in [0.15, 0.2) is 0 Å². The maximum absolute atomic E-state index is 11.3. The van der Waals surface area contributed by atoms with Crippen LogP contribution in [0.4, 0.5) is 5.69 Å². The van der Waals surface area contributed by atoms with Gasteiger partial charge in [-0.2, -0.15) is 11.3 Å². The van der Waals surface area contributed by atoms with Crippen LogP contribution in [0.3, 0.4) is 0 Å². The summed E-state index contributed by atoms with van der Waals surface area (Å²) in [7, 11) is 1.89. The van der Waals surface area contributed by atoms with Crippen LogP contribution in [0.2, 0.25) is 0 Å². The molecule has 2 N–H and O–H groups in total. The largest absolute Gasteiger partial charge is 0.325 e. The van der Waals surface area contributed by atoms with Gasteiger partial charge in [-0.1, -0.05) is 0 Å². The first-order valence-corrected chi connectivity index (χ1v) is 5.24. The Labute approximate surface area is 82.2 Å². The minimum Gasteiger partial charge on any atom is -0.325 e. The molecule has 0 aliphatic rings. The molecule has 0 saturated carbocycles. The molecular weight excluding hydrogens is 184 g/mol. The van der Waals surface area contributed by atoms with Crippen molar-refractivity contribution >= 4 is 22.9 Å². The SMILES string of the molecule is CNCCCC(=O)Nc1ccsc1. The normalized spacial score (nSPS) is 9.92. The molecule has 0 aliphatic carbocycles. The number of amides is 1. The van der Waals surface area contributed by atoms with Crippen LogP contribution in [-0.2, 0) is 4.79 Å². The van der Waals surface area contributed by atoms with E-state index < -0.39 is 0 Å². The van der Waals surface area contributed by atoms with Gasteiger partial charge in [0.1, 0.15) is 0 Å². The third-order valence-corrected chi connectivity index (χ3v) is 2.32. The molecule has 0 aromatic carbocycles. The van der Waals surface area contributed by atoms with E-state index in [2.05, 4.69) is 10.6 Å². The van der Waals surface area contributed by atoms with Crippen molar-refractivity contribution in [3.8, 4) is 0 Å². The first-order valence-electron chi connectivity index (χ1n) is 4.29. The quantitative estimate of drug-likeness (QED) is 0.707. The number of nitrogens with one attached hydrogen (secondary N) is 2. The van der Waals surface area contributed by atoms with E-state index in [1.165, 1.54) is 0 Å². The third kappa shape index (κ3) is 4.05. The number of carbonyl (C=O) groups excluding carboxylic acids is 1. The van der Waals surface area contributed by atoms with Crippen LogP contribution in [-0.4, -0.2) is 19.5 Å². The highest BCUT2D eigenvalue weighted by molar-refractivity contribution is 7.08. The second kappa shape index (κ2) is 5.72. The third-order valence-electron chi connectivity index (χ3n) is 1.64. The maximum atomic E-state index is 11.3. The number of hydrogen-bond donors (Lipinski definition) is 2. The van der Waals surface area contributed by atoms with Gasteiger partial charge in [0, 0.05) is 11.8 Å². The van der Waals surface area contributed by atoms with Crippen LogP contribution < -0.4 is 10.6 Å². The summed E-state index contributed by atoms with van der Waals surface area (Å²) < 4.78 is 0. The van der Waals surface area contributed by atoms with E-state index in [-0.39, 0.29) is 5.91 Å². The number of anilines is 1. The van der Waals surface area contributed by atoms with Crippen LogP contribution in [0, 0.1) is 0 Å². The van der Waals surface area contributed by atoms with Crippen molar-refractivity contribution in [1.29, 1.82) is 0 Å². The topological polar surface area (TPSA) is 41.1 Å². The Bertz CT molecular complexity index is 246. The number of carbonyl (C=O) groups is 1. The summed E-state index contributed by atoms with van der Waals surface area (Å²) in [6.45, 7) is 0.886. The van der Waals surface area contributed by atoms with Gasteiger partial charge >= 0.3 is 0 Å². The van der Waals surface area contributed by atoms with E-state index in [0.717, 1.165) is 18.7 Å². The zero-order chi connectivity index (χ0) is 9.52. The van der Waals surface area contributed by atoms with Crippen LogP contribution in [0.15, 0.2) is 16.8 Å². The Morgan fingerprint density at radius 1 is 1.62 bits per heavy atom. The van der Waals surface area contributed by atoms with E-state index in [4.69, 9.17) is 0 Å². The molecule has 0 spiro atoms. The molecule has 13 heavy (non-hydrogen) atoms.